The van der Waals surface area contributed by atoms with E-state index in [4.69, 9.17) is 15.2 Å². The van der Waals surface area contributed by atoms with Crippen molar-refractivity contribution in [1.29, 1.82) is 0 Å². The lowest BCUT2D eigenvalue weighted by Gasteiger charge is -2.22. The van der Waals surface area contributed by atoms with E-state index in [1.807, 2.05) is 23.1 Å². The topological polar surface area (TPSA) is 64.8 Å². The summed E-state index contributed by atoms with van der Waals surface area (Å²) < 4.78 is 10.5. The van der Waals surface area contributed by atoms with Crippen molar-refractivity contribution in [3.05, 3.63) is 23.8 Å². The van der Waals surface area contributed by atoms with Crippen LogP contribution in [0.1, 0.15) is 25.3 Å². The fourth-order valence-corrected chi connectivity index (χ4v) is 2.14. The second kappa shape index (κ2) is 9.23. The Morgan fingerprint density at radius 1 is 1.19 bits per heavy atom. The van der Waals surface area contributed by atoms with Crippen molar-refractivity contribution in [3.63, 3.8) is 0 Å². The largest absolute Gasteiger partial charge is 0.493 e. The van der Waals surface area contributed by atoms with Crippen LogP contribution in [0.4, 0.5) is 0 Å². The van der Waals surface area contributed by atoms with Gasteiger partial charge >= 0.3 is 0 Å². The molecular formula is C16H26N2O3. The maximum atomic E-state index is 12.4. The lowest BCUT2D eigenvalue weighted by atomic mass is 10.1. The normalized spacial score (nSPS) is 10.3. The summed E-state index contributed by atoms with van der Waals surface area (Å²) in [5, 5.41) is 0. The van der Waals surface area contributed by atoms with Gasteiger partial charge < -0.3 is 20.1 Å². The molecule has 0 heterocycles. The highest BCUT2D eigenvalue weighted by molar-refractivity contribution is 5.79. The summed E-state index contributed by atoms with van der Waals surface area (Å²) in [6.45, 7) is 3.97. The molecule has 0 unspecified atom stereocenters. The highest BCUT2D eigenvalue weighted by Crippen LogP contribution is 2.27. The number of hydrogen-bond donors (Lipinski definition) is 1. The van der Waals surface area contributed by atoms with Gasteiger partial charge in [0.15, 0.2) is 11.5 Å². The average Bonchev–Trinajstić information content (AvgIpc) is 2.51. The molecule has 1 aromatic rings. The second-order valence-electron chi connectivity index (χ2n) is 4.89. The van der Waals surface area contributed by atoms with Crippen LogP contribution in [0.15, 0.2) is 18.2 Å². The molecule has 1 amide bonds. The van der Waals surface area contributed by atoms with Gasteiger partial charge in [0.2, 0.25) is 5.91 Å². The van der Waals surface area contributed by atoms with Gasteiger partial charge in [0.05, 0.1) is 20.6 Å². The number of amides is 1. The standard InChI is InChI=1S/C16H26N2O3/c1-4-5-9-18(10-8-17)16(19)12-13-6-7-14(20-2)15(11-13)21-3/h6-7,11H,4-5,8-10,12,17H2,1-3H3. The van der Waals surface area contributed by atoms with Crippen LogP contribution >= 0.6 is 0 Å². The van der Waals surface area contributed by atoms with Crippen LogP contribution in [0.25, 0.3) is 0 Å². The van der Waals surface area contributed by atoms with Crippen LogP contribution in [-0.4, -0.2) is 44.7 Å². The third-order valence-corrected chi connectivity index (χ3v) is 3.34. The van der Waals surface area contributed by atoms with Crippen LogP contribution in [0.5, 0.6) is 11.5 Å². The van der Waals surface area contributed by atoms with E-state index in [-0.39, 0.29) is 5.91 Å². The molecule has 0 radical (unpaired) electrons. The van der Waals surface area contributed by atoms with Gasteiger partial charge in [-0.25, -0.2) is 0 Å². The van der Waals surface area contributed by atoms with Gasteiger partial charge in [0.25, 0.3) is 0 Å². The maximum Gasteiger partial charge on any atom is 0.227 e. The summed E-state index contributed by atoms with van der Waals surface area (Å²) in [4.78, 5) is 14.2. The number of benzene rings is 1. The van der Waals surface area contributed by atoms with Crippen LogP contribution < -0.4 is 15.2 Å². The fraction of sp³-hybridized carbons (Fsp3) is 0.562. The van der Waals surface area contributed by atoms with Gasteiger partial charge in [0.1, 0.15) is 0 Å². The molecule has 118 valence electrons. The van der Waals surface area contributed by atoms with E-state index < -0.39 is 0 Å². The first-order valence-corrected chi connectivity index (χ1v) is 7.35. The van der Waals surface area contributed by atoms with E-state index in [1.165, 1.54) is 0 Å². The Kier molecular flexibility index (Phi) is 7.61. The van der Waals surface area contributed by atoms with Gasteiger partial charge in [-0.15, -0.1) is 0 Å². The predicted molar refractivity (Wildman–Crippen MR) is 83.8 cm³/mol. The molecule has 0 saturated carbocycles. The molecule has 0 bridgehead atoms. The molecule has 5 nitrogen and oxygen atoms in total. The Hall–Kier alpha value is -1.75. The lowest BCUT2D eigenvalue weighted by Crippen LogP contribution is -2.37. The molecule has 2 N–H and O–H groups in total. The van der Waals surface area contributed by atoms with Crippen molar-refractivity contribution < 1.29 is 14.3 Å². The number of unbranched alkanes of at least 4 members (excludes halogenated alkanes) is 1. The van der Waals surface area contributed by atoms with Crippen molar-refractivity contribution in [2.45, 2.75) is 26.2 Å². The zero-order chi connectivity index (χ0) is 15.7. The minimum absolute atomic E-state index is 0.0983. The number of hydrogen-bond acceptors (Lipinski definition) is 4. The molecule has 0 aromatic heterocycles. The number of carbonyl (C=O) groups excluding carboxylic acids is 1. The van der Waals surface area contributed by atoms with Crippen molar-refractivity contribution in [3.8, 4) is 11.5 Å². The molecule has 0 spiro atoms. The zero-order valence-corrected chi connectivity index (χ0v) is 13.2. The molecule has 21 heavy (non-hydrogen) atoms. The molecule has 0 aliphatic carbocycles. The number of carbonyl (C=O) groups is 1. The van der Waals surface area contributed by atoms with E-state index in [0.29, 0.717) is 31.0 Å². The van der Waals surface area contributed by atoms with Gasteiger partial charge in [0, 0.05) is 19.6 Å². The third-order valence-electron chi connectivity index (χ3n) is 3.34. The van der Waals surface area contributed by atoms with E-state index in [1.54, 1.807) is 14.2 Å². The fourth-order valence-electron chi connectivity index (χ4n) is 2.14. The number of ether oxygens (including phenoxy) is 2. The molecule has 1 aromatic carbocycles. The first-order chi connectivity index (χ1) is 10.2. The summed E-state index contributed by atoms with van der Waals surface area (Å²) in [5.74, 6) is 1.40. The SMILES string of the molecule is CCCCN(CCN)C(=O)Cc1ccc(OC)c(OC)c1. The van der Waals surface area contributed by atoms with Gasteiger partial charge in [-0.1, -0.05) is 19.4 Å². The highest BCUT2D eigenvalue weighted by atomic mass is 16.5. The van der Waals surface area contributed by atoms with Gasteiger partial charge in [-0.05, 0) is 24.1 Å². The van der Waals surface area contributed by atoms with E-state index in [9.17, 15) is 4.79 Å². The molecule has 1 rings (SSSR count). The number of nitrogens with two attached hydrogens (primary N) is 1. The average molecular weight is 294 g/mol. The van der Waals surface area contributed by atoms with Gasteiger partial charge in [-0.2, -0.15) is 0 Å². The first kappa shape index (κ1) is 17.3. The first-order valence-electron chi connectivity index (χ1n) is 7.35. The summed E-state index contributed by atoms with van der Waals surface area (Å²) in [5.41, 5.74) is 6.50. The Labute approximate surface area is 127 Å². The molecule has 0 aliphatic rings. The predicted octanol–water partition coefficient (Wildman–Crippen LogP) is 1.83. The Bertz CT molecular complexity index is 449. The summed E-state index contributed by atoms with van der Waals surface area (Å²) in [6, 6.07) is 5.55. The number of rotatable bonds is 9. The van der Waals surface area contributed by atoms with E-state index in [2.05, 4.69) is 6.92 Å². The molecular weight excluding hydrogens is 268 g/mol. The summed E-state index contributed by atoms with van der Waals surface area (Å²) in [7, 11) is 3.18. The van der Waals surface area contributed by atoms with Gasteiger partial charge in [-0.3, -0.25) is 4.79 Å². The third kappa shape index (κ3) is 5.27. The molecule has 0 aliphatic heterocycles. The van der Waals surface area contributed by atoms with Crippen LogP contribution in [-0.2, 0) is 11.2 Å². The quantitative estimate of drug-likeness (QED) is 0.754. The van der Waals surface area contributed by atoms with Crippen molar-refractivity contribution in [1.82, 2.24) is 4.90 Å². The van der Waals surface area contributed by atoms with E-state index in [0.717, 1.165) is 24.9 Å². The number of nitrogens with zero attached hydrogens (tertiary/aromatic N) is 1. The van der Waals surface area contributed by atoms with E-state index >= 15 is 0 Å². The van der Waals surface area contributed by atoms with Crippen LogP contribution in [0, 0.1) is 0 Å². The van der Waals surface area contributed by atoms with Crippen LogP contribution in [0.2, 0.25) is 0 Å². The molecule has 0 fully saturated rings. The van der Waals surface area contributed by atoms with Crippen molar-refractivity contribution in [2.24, 2.45) is 5.73 Å². The monoisotopic (exact) mass is 294 g/mol. The summed E-state index contributed by atoms with van der Waals surface area (Å²) >= 11 is 0. The van der Waals surface area contributed by atoms with Crippen LogP contribution in [0.3, 0.4) is 0 Å². The number of methoxy groups -OCH3 is 2. The molecule has 5 heteroatoms. The maximum absolute atomic E-state index is 12.4. The van der Waals surface area contributed by atoms with Crippen molar-refractivity contribution in [2.75, 3.05) is 33.9 Å². The lowest BCUT2D eigenvalue weighted by molar-refractivity contribution is -0.130. The highest BCUT2D eigenvalue weighted by Gasteiger charge is 2.14. The summed E-state index contributed by atoms with van der Waals surface area (Å²) in [6.07, 6.45) is 2.41. The Balaban J connectivity index is 2.75. The zero-order valence-electron chi connectivity index (χ0n) is 13.2. The Morgan fingerprint density at radius 2 is 1.90 bits per heavy atom. The second-order valence-corrected chi connectivity index (χ2v) is 4.89. The van der Waals surface area contributed by atoms with Crippen molar-refractivity contribution >= 4 is 5.91 Å². The minimum Gasteiger partial charge on any atom is -0.493 e. The molecule has 0 saturated heterocycles. The Morgan fingerprint density at radius 3 is 2.48 bits per heavy atom. The smallest absolute Gasteiger partial charge is 0.227 e. The minimum atomic E-state index is 0.0983. The molecule has 0 atom stereocenters.